The molecule has 1 aromatic rings. The molecule has 0 unspecified atom stereocenters. The number of hydroxylamine groups is 1. The van der Waals surface area contributed by atoms with Crippen LogP contribution in [0.5, 0.6) is 0 Å². The number of carbonyl (C=O) groups excluding carboxylic acids is 1. The van der Waals surface area contributed by atoms with Crippen LogP contribution in [0.15, 0.2) is 54.6 Å². The first-order valence-corrected chi connectivity index (χ1v) is 12.7. The zero-order valence-electron chi connectivity index (χ0n) is 17.2. The third kappa shape index (κ3) is 4.15. The molecular weight excluding hydrogens is 370 g/mol. The molecule has 1 aliphatic heterocycles. The van der Waals surface area contributed by atoms with Gasteiger partial charge in [-0.15, -0.1) is 0 Å². The Hall–Kier alpha value is -1.73. The SMILES string of the molecule is C=C1C=C[C@]2(NOCc3ccccc3)CC(=O)O[C@@H]2[C@@H]1CC(C)(C)[Si](C)(C)O. The molecule has 3 atom stereocenters. The average molecular weight is 402 g/mol. The minimum absolute atomic E-state index is 0.0711. The second kappa shape index (κ2) is 7.59. The van der Waals surface area contributed by atoms with Gasteiger partial charge in [-0.25, -0.2) is 0 Å². The summed E-state index contributed by atoms with van der Waals surface area (Å²) in [5.41, 5.74) is 4.38. The van der Waals surface area contributed by atoms with E-state index in [-0.39, 0.29) is 23.3 Å². The standard InChI is InChI=1S/C22H31NO4Si/c1-16-11-12-22(23-26-15-17-9-7-6-8-10-17)14-19(24)27-20(22)18(16)13-21(2,3)28(4,5)25/h6-12,18,20,23,25H,1,13-15H2,2-5H3/t18-,20-,22+/m1/s1. The lowest BCUT2D eigenvalue weighted by atomic mass is 9.73. The summed E-state index contributed by atoms with van der Waals surface area (Å²) >= 11 is 0. The number of rotatable bonds is 7. The summed E-state index contributed by atoms with van der Waals surface area (Å²) in [6, 6.07) is 9.87. The quantitative estimate of drug-likeness (QED) is 0.412. The lowest BCUT2D eigenvalue weighted by Crippen LogP contribution is -2.55. The molecule has 0 radical (unpaired) electrons. The summed E-state index contributed by atoms with van der Waals surface area (Å²) in [6.07, 6.45) is 4.42. The fourth-order valence-electron chi connectivity index (χ4n) is 3.79. The molecule has 6 heteroatoms. The Morgan fingerprint density at radius 3 is 2.68 bits per heavy atom. The van der Waals surface area contributed by atoms with Crippen molar-refractivity contribution in [3.8, 4) is 0 Å². The van der Waals surface area contributed by atoms with Gasteiger partial charge in [0.1, 0.15) is 11.6 Å². The lowest BCUT2D eigenvalue weighted by molar-refractivity contribution is -0.143. The summed E-state index contributed by atoms with van der Waals surface area (Å²) in [4.78, 5) is 28.8. The number of esters is 1. The summed E-state index contributed by atoms with van der Waals surface area (Å²) in [6.45, 7) is 12.7. The number of carbonyl (C=O) groups is 1. The molecule has 5 nitrogen and oxygen atoms in total. The van der Waals surface area contributed by atoms with E-state index in [9.17, 15) is 9.59 Å². The van der Waals surface area contributed by atoms with Crippen molar-refractivity contribution in [2.24, 2.45) is 5.92 Å². The predicted molar refractivity (Wildman–Crippen MR) is 112 cm³/mol. The van der Waals surface area contributed by atoms with Gasteiger partial charge >= 0.3 is 5.97 Å². The lowest BCUT2D eigenvalue weighted by Gasteiger charge is -2.44. The Bertz CT molecular complexity index is 768. The van der Waals surface area contributed by atoms with Crippen LogP contribution in [0.4, 0.5) is 0 Å². The number of fused-ring (bicyclic) bond motifs is 1. The van der Waals surface area contributed by atoms with Crippen LogP contribution in [0.25, 0.3) is 0 Å². The molecule has 1 heterocycles. The first-order chi connectivity index (χ1) is 13.0. The molecule has 1 aliphatic carbocycles. The van der Waals surface area contributed by atoms with Crippen molar-refractivity contribution < 1.29 is 19.2 Å². The minimum atomic E-state index is -2.41. The van der Waals surface area contributed by atoms with Crippen molar-refractivity contribution in [2.45, 2.75) is 63.1 Å². The van der Waals surface area contributed by atoms with Crippen LogP contribution < -0.4 is 5.48 Å². The van der Waals surface area contributed by atoms with E-state index < -0.39 is 20.0 Å². The van der Waals surface area contributed by atoms with E-state index in [0.717, 1.165) is 11.1 Å². The first kappa shape index (κ1) is 21.0. The fourth-order valence-corrected chi connectivity index (χ4v) is 4.51. The van der Waals surface area contributed by atoms with Crippen molar-refractivity contribution in [1.82, 2.24) is 5.48 Å². The van der Waals surface area contributed by atoms with Crippen molar-refractivity contribution in [3.05, 3.63) is 60.2 Å². The summed E-state index contributed by atoms with van der Waals surface area (Å²) in [7, 11) is -2.41. The van der Waals surface area contributed by atoms with Crippen LogP contribution in [-0.4, -0.2) is 30.7 Å². The van der Waals surface area contributed by atoms with E-state index in [2.05, 4.69) is 25.9 Å². The molecule has 28 heavy (non-hydrogen) atoms. The van der Waals surface area contributed by atoms with E-state index >= 15 is 0 Å². The van der Waals surface area contributed by atoms with Gasteiger partial charge in [0.05, 0.1) is 13.0 Å². The van der Waals surface area contributed by atoms with E-state index in [1.807, 2.05) is 55.6 Å². The number of hydrogen-bond donors (Lipinski definition) is 2. The number of nitrogens with one attached hydrogen (secondary N) is 1. The molecule has 152 valence electrons. The highest BCUT2D eigenvalue weighted by atomic mass is 28.4. The van der Waals surface area contributed by atoms with Crippen LogP contribution in [0, 0.1) is 5.92 Å². The average Bonchev–Trinajstić information content (AvgIpc) is 2.94. The highest BCUT2D eigenvalue weighted by Crippen LogP contribution is 2.49. The maximum atomic E-state index is 12.2. The van der Waals surface area contributed by atoms with Gasteiger partial charge < -0.3 is 9.53 Å². The molecule has 1 aromatic carbocycles. The maximum absolute atomic E-state index is 12.2. The zero-order valence-corrected chi connectivity index (χ0v) is 18.2. The van der Waals surface area contributed by atoms with Crippen LogP contribution in [0.3, 0.4) is 0 Å². The van der Waals surface area contributed by atoms with E-state index in [1.165, 1.54) is 0 Å². The molecule has 0 bridgehead atoms. The summed E-state index contributed by atoms with van der Waals surface area (Å²) in [5.74, 6) is -0.318. The number of hydrogen-bond acceptors (Lipinski definition) is 5. The Labute approximate surface area is 168 Å². The number of benzene rings is 1. The summed E-state index contributed by atoms with van der Waals surface area (Å²) < 4.78 is 5.75. The second-order valence-electron chi connectivity index (χ2n) is 9.17. The van der Waals surface area contributed by atoms with E-state index in [1.54, 1.807) is 0 Å². The Morgan fingerprint density at radius 1 is 1.36 bits per heavy atom. The van der Waals surface area contributed by atoms with Gasteiger partial charge in [0, 0.05) is 5.92 Å². The topological polar surface area (TPSA) is 67.8 Å². The zero-order chi connectivity index (χ0) is 20.6. The van der Waals surface area contributed by atoms with Gasteiger partial charge in [0.25, 0.3) is 0 Å². The van der Waals surface area contributed by atoms with Gasteiger partial charge in [0.2, 0.25) is 0 Å². The highest BCUT2D eigenvalue weighted by Gasteiger charge is 2.55. The van der Waals surface area contributed by atoms with Gasteiger partial charge in [0.15, 0.2) is 8.32 Å². The van der Waals surface area contributed by atoms with Gasteiger partial charge in [-0.3, -0.25) is 9.63 Å². The highest BCUT2D eigenvalue weighted by molar-refractivity contribution is 6.72. The first-order valence-electron chi connectivity index (χ1n) is 9.77. The van der Waals surface area contributed by atoms with Crippen LogP contribution in [0.2, 0.25) is 18.1 Å². The number of ether oxygens (including phenoxy) is 1. The van der Waals surface area contributed by atoms with Crippen LogP contribution in [0.1, 0.15) is 32.3 Å². The van der Waals surface area contributed by atoms with Crippen molar-refractivity contribution in [1.29, 1.82) is 0 Å². The Kier molecular flexibility index (Phi) is 5.69. The third-order valence-electron chi connectivity index (χ3n) is 6.37. The molecule has 0 amide bonds. The van der Waals surface area contributed by atoms with Gasteiger partial charge in [-0.05, 0) is 35.7 Å². The molecule has 2 N–H and O–H groups in total. The summed E-state index contributed by atoms with van der Waals surface area (Å²) in [5, 5.41) is -0.253. The second-order valence-corrected chi connectivity index (χ2v) is 13.6. The molecule has 1 fully saturated rings. The normalized spacial score (nSPS) is 27.6. The van der Waals surface area contributed by atoms with Crippen LogP contribution in [-0.2, 0) is 21.0 Å². The molecule has 3 rings (SSSR count). The fraction of sp³-hybridized carbons (Fsp3) is 0.500. The Balaban J connectivity index is 1.79. The number of allylic oxidation sites excluding steroid dienone is 1. The molecule has 0 spiro atoms. The predicted octanol–water partition coefficient (Wildman–Crippen LogP) is 3.87. The monoisotopic (exact) mass is 401 g/mol. The molecule has 1 saturated heterocycles. The molecular formula is C22H31NO4Si. The minimum Gasteiger partial charge on any atom is -0.459 e. The Morgan fingerprint density at radius 2 is 2.04 bits per heavy atom. The maximum Gasteiger partial charge on any atom is 0.308 e. The molecule has 0 aromatic heterocycles. The molecule has 2 aliphatic rings. The van der Waals surface area contributed by atoms with Crippen molar-refractivity contribution in [2.75, 3.05) is 0 Å². The molecule has 0 saturated carbocycles. The van der Waals surface area contributed by atoms with Crippen molar-refractivity contribution >= 4 is 14.3 Å². The smallest absolute Gasteiger partial charge is 0.308 e. The van der Waals surface area contributed by atoms with Gasteiger partial charge in [-0.2, -0.15) is 5.48 Å². The largest absolute Gasteiger partial charge is 0.459 e. The third-order valence-corrected chi connectivity index (χ3v) is 9.89. The van der Waals surface area contributed by atoms with Crippen LogP contribution >= 0.6 is 0 Å². The van der Waals surface area contributed by atoms with E-state index in [4.69, 9.17) is 9.57 Å². The van der Waals surface area contributed by atoms with Gasteiger partial charge in [-0.1, -0.05) is 62.9 Å². The van der Waals surface area contributed by atoms with Crippen molar-refractivity contribution in [3.63, 3.8) is 0 Å². The van der Waals surface area contributed by atoms with E-state index in [0.29, 0.717) is 13.0 Å².